The quantitative estimate of drug-likeness (QED) is 0.0430. The van der Waals surface area contributed by atoms with Crippen molar-refractivity contribution < 1.29 is 15.0 Å². The highest BCUT2D eigenvalue weighted by molar-refractivity contribution is 5.76. The number of carbonyl (C=O) groups is 1. The van der Waals surface area contributed by atoms with Crippen LogP contribution in [0.1, 0.15) is 264 Å². The predicted octanol–water partition coefficient (Wildman–Crippen LogP) is 15.2. The standard InChI is InChI=1S/C49H95NO3/c1-3-5-7-9-11-13-15-17-19-21-23-24-25-26-27-28-30-32-34-36-38-40-42-44-48(52)47(46-51)50-49(53)45-43-41-39-37-35-33-31-29-22-20-18-16-14-12-10-8-6-4-2/h34,36,42,44,47-48,51-52H,3-33,35,37-41,43,45-46H2,1-2H3,(H,50,53)/b36-34+,44-42+. The summed E-state index contributed by atoms with van der Waals surface area (Å²) in [6, 6.07) is -0.635. The van der Waals surface area contributed by atoms with Crippen molar-refractivity contribution in [1.82, 2.24) is 5.32 Å². The summed E-state index contributed by atoms with van der Waals surface area (Å²) in [7, 11) is 0. The first-order valence-corrected chi connectivity index (χ1v) is 24.1. The van der Waals surface area contributed by atoms with Crippen molar-refractivity contribution in [2.24, 2.45) is 0 Å². The maximum Gasteiger partial charge on any atom is 0.220 e. The summed E-state index contributed by atoms with van der Waals surface area (Å²) in [6.45, 7) is 4.32. The lowest BCUT2D eigenvalue weighted by molar-refractivity contribution is -0.123. The number of unbranched alkanes of at least 4 members (excludes halogenated alkanes) is 35. The van der Waals surface area contributed by atoms with Crippen LogP contribution in [0, 0.1) is 0 Å². The lowest BCUT2D eigenvalue weighted by Gasteiger charge is -2.19. The molecule has 314 valence electrons. The van der Waals surface area contributed by atoms with E-state index in [4.69, 9.17) is 0 Å². The molecule has 0 radical (unpaired) electrons. The number of carbonyl (C=O) groups excluding carboxylic acids is 1. The van der Waals surface area contributed by atoms with Crippen LogP contribution in [0.5, 0.6) is 0 Å². The Bertz CT molecular complexity index is 765. The number of amides is 1. The van der Waals surface area contributed by atoms with Crippen LogP contribution in [0.4, 0.5) is 0 Å². The summed E-state index contributed by atoms with van der Waals surface area (Å²) < 4.78 is 0. The second-order valence-electron chi connectivity index (χ2n) is 16.5. The molecule has 2 atom stereocenters. The maximum absolute atomic E-state index is 12.4. The fourth-order valence-electron chi connectivity index (χ4n) is 7.49. The van der Waals surface area contributed by atoms with Gasteiger partial charge < -0.3 is 15.5 Å². The molecule has 2 unspecified atom stereocenters. The lowest BCUT2D eigenvalue weighted by Crippen LogP contribution is -2.45. The number of rotatable bonds is 44. The van der Waals surface area contributed by atoms with Crippen molar-refractivity contribution in [3.63, 3.8) is 0 Å². The van der Waals surface area contributed by atoms with Crippen molar-refractivity contribution in [2.45, 2.75) is 276 Å². The Morgan fingerprint density at radius 3 is 1.09 bits per heavy atom. The molecule has 0 spiro atoms. The number of nitrogens with one attached hydrogen (secondary N) is 1. The summed E-state index contributed by atoms with van der Waals surface area (Å²) in [6.07, 6.45) is 58.8. The maximum atomic E-state index is 12.4. The summed E-state index contributed by atoms with van der Waals surface area (Å²) >= 11 is 0. The molecule has 0 saturated carbocycles. The van der Waals surface area contributed by atoms with Crippen molar-refractivity contribution in [2.75, 3.05) is 6.61 Å². The van der Waals surface area contributed by atoms with Crippen molar-refractivity contribution in [1.29, 1.82) is 0 Å². The van der Waals surface area contributed by atoms with E-state index in [0.29, 0.717) is 6.42 Å². The highest BCUT2D eigenvalue weighted by Crippen LogP contribution is 2.16. The molecule has 0 aliphatic rings. The lowest BCUT2D eigenvalue weighted by atomic mass is 10.0. The van der Waals surface area contributed by atoms with Crippen LogP contribution in [0.25, 0.3) is 0 Å². The van der Waals surface area contributed by atoms with E-state index in [1.54, 1.807) is 6.08 Å². The van der Waals surface area contributed by atoms with Gasteiger partial charge in [0.1, 0.15) is 0 Å². The molecule has 4 nitrogen and oxygen atoms in total. The fourth-order valence-corrected chi connectivity index (χ4v) is 7.49. The number of aliphatic hydroxyl groups is 2. The molecule has 1 amide bonds. The summed E-state index contributed by atoms with van der Waals surface area (Å²) in [5.74, 6) is -0.0692. The minimum absolute atomic E-state index is 0.0692. The second-order valence-corrected chi connectivity index (χ2v) is 16.5. The molecule has 0 saturated heterocycles. The highest BCUT2D eigenvalue weighted by Gasteiger charge is 2.17. The van der Waals surface area contributed by atoms with Crippen LogP contribution >= 0.6 is 0 Å². The Hall–Kier alpha value is -1.13. The first-order chi connectivity index (χ1) is 26.2. The van der Waals surface area contributed by atoms with Gasteiger partial charge in [0, 0.05) is 6.42 Å². The Morgan fingerprint density at radius 2 is 0.736 bits per heavy atom. The topological polar surface area (TPSA) is 69.6 Å². The molecule has 0 aromatic rings. The van der Waals surface area contributed by atoms with E-state index < -0.39 is 12.1 Å². The number of allylic oxidation sites excluding steroid dienone is 3. The molecule has 0 aliphatic heterocycles. The van der Waals surface area contributed by atoms with Gasteiger partial charge in [-0.3, -0.25) is 4.79 Å². The Morgan fingerprint density at radius 1 is 0.434 bits per heavy atom. The van der Waals surface area contributed by atoms with Gasteiger partial charge in [-0.05, 0) is 32.1 Å². The number of aliphatic hydroxyl groups excluding tert-OH is 2. The van der Waals surface area contributed by atoms with Gasteiger partial charge in [-0.15, -0.1) is 0 Å². The van der Waals surface area contributed by atoms with Crippen LogP contribution in [-0.4, -0.2) is 34.9 Å². The average Bonchev–Trinajstić information content (AvgIpc) is 3.16. The van der Waals surface area contributed by atoms with E-state index in [9.17, 15) is 15.0 Å². The highest BCUT2D eigenvalue weighted by atomic mass is 16.3. The van der Waals surface area contributed by atoms with Crippen molar-refractivity contribution in [3.05, 3.63) is 24.3 Å². The average molecular weight is 746 g/mol. The molecule has 0 aromatic carbocycles. The molecule has 0 heterocycles. The van der Waals surface area contributed by atoms with E-state index in [0.717, 1.165) is 32.1 Å². The van der Waals surface area contributed by atoms with Gasteiger partial charge in [0.15, 0.2) is 0 Å². The number of hydrogen-bond acceptors (Lipinski definition) is 3. The molecular formula is C49H95NO3. The van der Waals surface area contributed by atoms with E-state index >= 15 is 0 Å². The SMILES string of the molecule is CCCCCCCCCCCCCCCCCCC/C=C/CC/C=C/C(O)C(CO)NC(=O)CCCCCCCCCCCCCCCCCCCC. The first-order valence-electron chi connectivity index (χ1n) is 24.1. The van der Waals surface area contributed by atoms with Gasteiger partial charge in [-0.2, -0.15) is 0 Å². The molecule has 0 fully saturated rings. The smallest absolute Gasteiger partial charge is 0.220 e. The molecule has 0 aliphatic carbocycles. The normalized spacial score (nSPS) is 13.1. The van der Waals surface area contributed by atoms with Gasteiger partial charge in [0.25, 0.3) is 0 Å². The van der Waals surface area contributed by atoms with Crippen LogP contribution in [0.2, 0.25) is 0 Å². The minimum atomic E-state index is -0.858. The summed E-state index contributed by atoms with van der Waals surface area (Å²) in [5, 5.41) is 23.0. The van der Waals surface area contributed by atoms with Crippen LogP contribution in [0.15, 0.2) is 24.3 Å². The molecule has 0 aromatic heterocycles. The second kappa shape index (κ2) is 45.3. The predicted molar refractivity (Wildman–Crippen MR) is 235 cm³/mol. The third-order valence-electron chi connectivity index (χ3n) is 11.2. The van der Waals surface area contributed by atoms with Crippen molar-refractivity contribution >= 4 is 5.91 Å². The molecule has 3 N–H and O–H groups in total. The largest absolute Gasteiger partial charge is 0.394 e. The fraction of sp³-hybridized carbons (Fsp3) is 0.898. The zero-order valence-electron chi connectivity index (χ0n) is 36.1. The van der Waals surface area contributed by atoms with E-state index in [-0.39, 0.29) is 12.5 Å². The van der Waals surface area contributed by atoms with Gasteiger partial charge in [-0.1, -0.05) is 250 Å². The zero-order valence-corrected chi connectivity index (χ0v) is 36.1. The van der Waals surface area contributed by atoms with E-state index in [1.165, 1.54) is 212 Å². The van der Waals surface area contributed by atoms with E-state index in [2.05, 4.69) is 31.3 Å². The molecule has 0 bridgehead atoms. The van der Waals surface area contributed by atoms with Crippen LogP contribution < -0.4 is 5.32 Å². The Kier molecular flexibility index (Phi) is 44.3. The molecule has 0 rings (SSSR count). The summed E-state index contributed by atoms with van der Waals surface area (Å²) in [5.41, 5.74) is 0. The first kappa shape index (κ1) is 51.9. The number of hydrogen-bond donors (Lipinski definition) is 3. The van der Waals surface area contributed by atoms with Crippen LogP contribution in [0.3, 0.4) is 0 Å². The molecule has 4 heteroatoms. The van der Waals surface area contributed by atoms with Gasteiger partial charge in [-0.25, -0.2) is 0 Å². The Labute approximate surface area is 332 Å². The van der Waals surface area contributed by atoms with Gasteiger partial charge in [0.05, 0.1) is 18.8 Å². The third-order valence-corrected chi connectivity index (χ3v) is 11.2. The zero-order chi connectivity index (χ0) is 38.6. The monoisotopic (exact) mass is 746 g/mol. The molecule has 53 heavy (non-hydrogen) atoms. The van der Waals surface area contributed by atoms with Gasteiger partial charge >= 0.3 is 0 Å². The summed E-state index contributed by atoms with van der Waals surface area (Å²) in [4.78, 5) is 12.4. The Balaban J connectivity index is 3.55. The third kappa shape index (κ3) is 41.9. The van der Waals surface area contributed by atoms with Crippen molar-refractivity contribution in [3.8, 4) is 0 Å². The molecular weight excluding hydrogens is 651 g/mol. The van der Waals surface area contributed by atoms with Gasteiger partial charge in [0.2, 0.25) is 5.91 Å². The van der Waals surface area contributed by atoms with Crippen LogP contribution in [-0.2, 0) is 4.79 Å². The minimum Gasteiger partial charge on any atom is -0.394 e. The van der Waals surface area contributed by atoms with E-state index in [1.807, 2.05) is 6.08 Å².